The zero-order valence-electron chi connectivity index (χ0n) is 9.54. The summed E-state index contributed by atoms with van der Waals surface area (Å²) >= 11 is 0. The van der Waals surface area contributed by atoms with Crippen molar-refractivity contribution in [2.24, 2.45) is 5.73 Å². The first-order chi connectivity index (χ1) is 6.56. The van der Waals surface area contributed by atoms with Crippen molar-refractivity contribution in [2.45, 2.75) is 26.3 Å². The van der Waals surface area contributed by atoms with Crippen LogP contribution in [0.25, 0.3) is 0 Å². The number of aryl methyl sites for hydroxylation is 1. The van der Waals surface area contributed by atoms with Crippen molar-refractivity contribution < 1.29 is 0 Å². The van der Waals surface area contributed by atoms with Gasteiger partial charge in [-0.3, -0.25) is 0 Å². The molecule has 0 bridgehead atoms. The van der Waals surface area contributed by atoms with Crippen molar-refractivity contribution in [2.75, 3.05) is 19.0 Å². The average Bonchev–Trinajstić information content (AvgIpc) is 2.16. The van der Waals surface area contributed by atoms with Crippen molar-refractivity contribution in [1.29, 1.82) is 0 Å². The monoisotopic (exact) mass is 192 g/mol. The van der Waals surface area contributed by atoms with Gasteiger partial charge in [-0.15, -0.1) is 0 Å². The van der Waals surface area contributed by atoms with Crippen molar-refractivity contribution in [3.8, 4) is 0 Å². The minimum atomic E-state index is 0.172. The van der Waals surface area contributed by atoms with Gasteiger partial charge in [-0.05, 0) is 36.6 Å². The topological polar surface area (TPSA) is 29.3 Å². The molecule has 1 aromatic rings. The lowest BCUT2D eigenvalue weighted by Crippen LogP contribution is -2.12. The Kier molecular flexibility index (Phi) is 3.53. The standard InChI is InChI=1S/C12H20N2/c1-5-12(13)11-7-6-10(14(3)4)8-9(11)2/h6-8,12H,5,13H2,1-4H3. The van der Waals surface area contributed by atoms with Gasteiger partial charge in [0.2, 0.25) is 0 Å². The molecule has 0 aliphatic carbocycles. The molecule has 2 heteroatoms. The Morgan fingerprint density at radius 3 is 2.43 bits per heavy atom. The number of nitrogens with two attached hydrogens (primary N) is 1. The second-order valence-corrected chi connectivity index (χ2v) is 3.95. The van der Waals surface area contributed by atoms with Crippen LogP contribution in [0, 0.1) is 6.92 Å². The van der Waals surface area contributed by atoms with Crippen LogP contribution in [0.15, 0.2) is 18.2 Å². The molecule has 0 heterocycles. The predicted molar refractivity (Wildman–Crippen MR) is 62.7 cm³/mol. The lowest BCUT2D eigenvalue weighted by molar-refractivity contribution is 0.694. The van der Waals surface area contributed by atoms with Gasteiger partial charge in [0.1, 0.15) is 0 Å². The fourth-order valence-corrected chi connectivity index (χ4v) is 1.57. The average molecular weight is 192 g/mol. The van der Waals surface area contributed by atoms with E-state index in [0.717, 1.165) is 6.42 Å². The molecule has 0 saturated carbocycles. The number of rotatable bonds is 3. The van der Waals surface area contributed by atoms with Gasteiger partial charge >= 0.3 is 0 Å². The lowest BCUT2D eigenvalue weighted by atomic mass is 9.99. The highest BCUT2D eigenvalue weighted by Crippen LogP contribution is 2.22. The second-order valence-electron chi connectivity index (χ2n) is 3.95. The van der Waals surface area contributed by atoms with Crippen LogP contribution in [0.2, 0.25) is 0 Å². The number of benzene rings is 1. The fraction of sp³-hybridized carbons (Fsp3) is 0.500. The van der Waals surface area contributed by atoms with Gasteiger partial charge in [0.05, 0.1) is 0 Å². The predicted octanol–water partition coefficient (Wildman–Crippen LogP) is 2.47. The highest BCUT2D eigenvalue weighted by Gasteiger charge is 2.07. The SMILES string of the molecule is CCC(N)c1ccc(N(C)C)cc1C. The van der Waals surface area contributed by atoms with Crippen LogP contribution in [-0.2, 0) is 0 Å². The van der Waals surface area contributed by atoms with E-state index in [4.69, 9.17) is 5.73 Å². The van der Waals surface area contributed by atoms with E-state index in [0.29, 0.717) is 0 Å². The third-order valence-electron chi connectivity index (χ3n) is 2.61. The Morgan fingerprint density at radius 1 is 1.36 bits per heavy atom. The summed E-state index contributed by atoms with van der Waals surface area (Å²) in [5, 5.41) is 0. The molecular weight excluding hydrogens is 172 g/mol. The highest BCUT2D eigenvalue weighted by atomic mass is 15.1. The van der Waals surface area contributed by atoms with Gasteiger partial charge in [0.15, 0.2) is 0 Å². The van der Waals surface area contributed by atoms with Crippen molar-refractivity contribution >= 4 is 5.69 Å². The summed E-state index contributed by atoms with van der Waals surface area (Å²) < 4.78 is 0. The minimum Gasteiger partial charge on any atom is -0.378 e. The summed E-state index contributed by atoms with van der Waals surface area (Å²) in [6, 6.07) is 6.62. The molecular formula is C12H20N2. The van der Waals surface area contributed by atoms with Gasteiger partial charge in [-0.2, -0.15) is 0 Å². The van der Waals surface area contributed by atoms with E-state index >= 15 is 0 Å². The molecule has 0 aromatic heterocycles. The Morgan fingerprint density at radius 2 is 2.00 bits per heavy atom. The molecule has 2 nitrogen and oxygen atoms in total. The van der Waals surface area contributed by atoms with Gasteiger partial charge in [0, 0.05) is 25.8 Å². The molecule has 0 aliphatic rings. The van der Waals surface area contributed by atoms with E-state index in [1.54, 1.807) is 0 Å². The normalized spacial score (nSPS) is 12.6. The van der Waals surface area contributed by atoms with E-state index in [1.165, 1.54) is 16.8 Å². The molecule has 0 spiro atoms. The van der Waals surface area contributed by atoms with E-state index in [9.17, 15) is 0 Å². The zero-order valence-corrected chi connectivity index (χ0v) is 9.54. The van der Waals surface area contributed by atoms with Crippen LogP contribution in [0.4, 0.5) is 5.69 Å². The molecule has 0 saturated heterocycles. The number of hydrogen-bond acceptors (Lipinski definition) is 2. The first kappa shape index (κ1) is 11.1. The molecule has 1 aromatic carbocycles. The first-order valence-electron chi connectivity index (χ1n) is 5.09. The smallest absolute Gasteiger partial charge is 0.0363 e. The minimum absolute atomic E-state index is 0.172. The summed E-state index contributed by atoms with van der Waals surface area (Å²) in [7, 11) is 4.10. The van der Waals surface area contributed by atoms with Crippen LogP contribution < -0.4 is 10.6 Å². The van der Waals surface area contributed by atoms with Gasteiger partial charge in [0.25, 0.3) is 0 Å². The molecule has 14 heavy (non-hydrogen) atoms. The van der Waals surface area contributed by atoms with Crippen LogP contribution in [0.5, 0.6) is 0 Å². The quantitative estimate of drug-likeness (QED) is 0.797. The van der Waals surface area contributed by atoms with Gasteiger partial charge in [-0.25, -0.2) is 0 Å². The molecule has 0 aliphatic heterocycles. The number of nitrogens with zero attached hydrogens (tertiary/aromatic N) is 1. The summed E-state index contributed by atoms with van der Waals surface area (Å²) in [5.41, 5.74) is 9.78. The molecule has 0 radical (unpaired) electrons. The van der Waals surface area contributed by atoms with Crippen LogP contribution in [-0.4, -0.2) is 14.1 Å². The maximum Gasteiger partial charge on any atom is 0.0363 e. The third-order valence-corrected chi connectivity index (χ3v) is 2.61. The molecule has 0 amide bonds. The van der Waals surface area contributed by atoms with Crippen molar-refractivity contribution in [1.82, 2.24) is 0 Å². The Bertz CT molecular complexity index is 305. The summed E-state index contributed by atoms with van der Waals surface area (Å²) in [4.78, 5) is 2.11. The number of anilines is 1. The number of hydrogen-bond donors (Lipinski definition) is 1. The third kappa shape index (κ3) is 2.26. The van der Waals surface area contributed by atoms with E-state index < -0.39 is 0 Å². The lowest BCUT2D eigenvalue weighted by Gasteiger charge is -2.17. The molecule has 0 fully saturated rings. The van der Waals surface area contributed by atoms with E-state index in [1.807, 2.05) is 14.1 Å². The largest absolute Gasteiger partial charge is 0.378 e. The summed E-state index contributed by atoms with van der Waals surface area (Å²) in [6.07, 6.45) is 0.988. The van der Waals surface area contributed by atoms with Crippen LogP contribution in [0.3, 0.4) is 0 Å². The van der Waals surface area contributed by atoms with Gasteiger partial charge < -0.3 is 10.6 Å². The van der Waals surface area contributed by atoms with E-state index in [-0.39, 0.29) is 6.04 Å². The van der Waals surface area contributed by atoms with Crippen molar-refractivity contribution in [3.63, 3.8) is 0 Å². The zero-order chi connectivity index (χ0) is 10.7. The molecule has 1 rings (SSSR count). The molecule has 1 unspecified atom stereocenters. The molecule has 78 valence electrons. The Balaban J connectivity index is 3.01. The van der Waals surface area contributed by atoms with Crippen LogP contribution >= 0.6 is 0 Å². The molecule has 2 N–H and O–H groups in total. The van der Waals surface area contributed by atoms with Crippen LogP contribution in [0.1, 0.15) is 30.5 Å². The second kappa shape index (κ2) is 4.47. The summed E-state index contributed by atoms with van der Waals surface area (Å²) in [6.45, 7) is 4.24. The first-order valence-corrected chi connectivity index (χ1v) is 5.09. The Labute approximate surface area is 86.7 Å². The highest BCUT2D eigenvalue weighted by molar-refractivity contribution is 5.50. The Hall–Kier alpha value is -1.02. The maximum absolute atomic E-state index is 6.01. The van der Waals surface area contributed by atoms with Gasteiger partial charge in [-0.1, -0.05) is 13.0 Å². The maximum atomic E-state index is 6.01. The summed E-state index contributed by atoms with van der Waals surface area (Å²) in [5.74, 6) is 0. The molecule has 1 atom stereocenters. The van der Waals surface area contributed by atoms with E-state index in [2.05, 4.69) is 36.9 Å². The fourth-order valence-electron chi connectivity index (χ4n) is 1.57. The van der Waals surface area contributed by atoms with Crippen molar-refractivity contribution in [3.05, 3.63) is 29.3 Å².